The van der Waals surface area contributed by atoms with Gasteiger partial charge in [0.05, 0.1) is 12.2 Å². The third kappa shape index (κ3) is 4.73. The lowest BCUT2D eigenvalue weighted by atomic mass is 10.0. The number of carbonyl (C=O) groups is 1. The zero-order valence-electron chi connectivity index (χ0n) is 13.3. The van der Waals surface area contributed by atoms with Crippen LogP contribution in [-0.2, 0) is 4.74 Å². The Morgan fingerprint density at radius 1 is 1.50 bits per heavy atom. The molecule has 0 aromatic carbocycles. The summed E-state index contributed by atoms with van der Waals surface area (Å²) >= 11 is 6.04. The molecular formula is C15H23ClN4O2. The molecule has 1 amide bonds. The highest BCUT2D eigenvalue weighted by Gasteiger charge is 2.30. The van der Waals surface area contributed by atoms with Crippen molar-refractivity contribution in [3.05, 3.63) is 17.5 Å². The number of hydrogen-bond acceptors (Lipinski definition) is 5. The van der Waals surface area contributed by atoms with E-state index in [9.17, 15) is 4.79 Å². The number of nitrogens with zero attached hydrogens (tertiary/aromatic N) is 3. The quantitative estimate of drug-likeness (QED) is 0.922. The Kier molecular flexibility index (Phi) is 5.45. The van der Waals surface area contributed by atoms with Gasteiger partial charge in [-0.2, -0.15) is 0 Å². The van der Waals surface area contributed by atoms with Crippen LogP contribution in [-0.4, -0.2) is 45.7 Å². The van der Waals surface area contributed by atoms with Gasteiger partial charge < -0.3 is 15.0 Å². The monoisotopic (exact) mass is 326 g/mol. The highest BCUT2D eigenvalue weighted by atomic mass is 35.5. The molecule has 0 aliphatic carbocycles. The summed E-state index contributed by atoms with van der Waals surface area (Å²) in [6, 6.07) is 0.0784. The fourth-order valence-corrected chi connectivity index (χ4v) is 2.60. The molecular weight excluding hydrogens is 304 g/mol. The molecule has 0 saturated carbocycles. The van der Waals surface area contributed by atoms with Crippen molar-refractivity contribution in [2.24, 2.45) is 0 Å². The first kappa shape index (κ1) is 16.8. The molecule has 2 heterocycles. The van der Waals surface area contributed by atoms with Crippen molar-refractivity contribution in [1.82, 2.24) is 14.9 Å². The van der Waals surface area contributed by atoms with E-state index in [1.54, 1.807) is 11.1 Å². The minimum absolute atomic E-state index is 0.0784. The van der Waals surface area contributed by atoms with Crippen molar-refractivity contribution in [3.63, 3.8) is 0 Å². The topological polar surface area (TPSA) is 67.3 Å². The first-order valence-electron chi connectivity index (χ1n) is 7.56. The Morgan fingerprint density at radius 2 is 2.27 bits per heavy atom. The standard InChI is InChI=1S/C15H23ClN4O2/c1-15(2,3)22-14(21)20-7-5-4-6-11(20)8-18-13-12(16)9-17-10-19-13/h9-11H,4-8H2,1-3H3,(H,17,18,19). The largest absolute Gasteiger partial charge is 0.444 e. The van der Waals surface area contributed by atoms with Crippen molar-refractivity contribution in [3.8, 4) is 0 Å². The summed E-state index contributed by atoms with van der Waals surface area (Å²) in [5.41, 5.74) is -0.484. The van der Waals surface area contributed by atoms with Crippen LogP contribution < -0.4 is 5.32 Å². The SMILES string of the molecule is CC(C)(C)OC(=O)N1CCCCC1CNc1ncncc1Cl. The smallest absolute Gasteiger partial charge is 0.410 e. The van der Waals surface area contributed by atoms with E-state index in [1.165, 1.54) is 6.33 Å². The fraction of sp³-hybridized carbons (Fsp3) is 0.667. The Labute approximate surface area is 136 Å². The minimum Gasteiger partial charge on any atom is -0.444 e. The van der Waals surface area contributed by atoms with Gasteiger partial charge in [-0.15, -0.1) is 0 Å². The molecule has 1 fully saturated rings. The van der Waals surface area contributed by atoms with Gasteiger partial charge in [0, 0.05) is 13.1 Å². The van der Waals surface area contributed by atoms with Gasteiger partial charge in [-0.1, -0.05) is 11.6 Å². The Morgan fingerprint density at radius 3 is 2.95 bits per heavy atom. The number of carbonyl (C=O) groups excluding carboxylic acids is 1. The van der Waals surface area contributed by atoms with Gasteiger partial charge in [0.2, 0.25) is 0 Å². The molecule has 0 spiro atoms. The summed E-state index contributed by atoms with van der Waals surface area (Å²) < 4.78 is 5.49. The molecule has 6 nitrogen and oxygen atoms in total. The van der Waals surface area contributed by atoms with E-state index in [2.05, 4.69) is 15.3 Å². The number of aromatic nitrogens is 2. The molecule has 1 aliphatic rings. The predicted molar refractivity (Wildman–Crippen MR) is 86.1 cm³/mol. The Hall–Kier alpha value is -1.56. The Balaban J connectivity index is 1.98. The number of ether oxygens (including phenoxy) is 1. The van der Waals surface area contributed by atoms with Crippen molar-refractivity contribution >= 4 is 23.5 Å². The maximum absolute atomic E-state index is 12.3. The van der Waals surface area contributed by atoms with Gasteiger partial charge in [0.15, 0.2) is 0 Å². The maximum atomic E-state index is 12.3. The summed E-state index contributed by atoms with van der Waals surface area (Å²) in [7, 11) is 0. The molecule has 1 atom stereocenters. The zero-order chi connectivity index (χ0) is 16.2. The Bertz CT molecular complexity index is 519. The van der Waals surface area contributed by atoms with Gasteiger partial charge in [-0.05, 0) is 40.0 Å². The van der Waals surface area contributed by atoms with Gasteiger partial charge in [0.1, 0.15) is 22.8 Å². The number of rotatable bonds is 3. The number of anilines is 1. The molecule has 1 aliphatic heterocycles. The minimum atomic E-state index is -0.484. The normalized spacial score (nSPS) is 18.9. The molecule has 1 aromatic rings. The third-order valence-corrected chi connectivity index (χ3v) is 3.70. The van der Waals surface area contributed by atoms with Crippen LogP contribution in [0.4, 0.5) is 10.6 Å². The van der Waals surface area contributed by atoms with E-state index in [1.807, 2.05) is 20.8 Å². The number of nitrogens with one attached hydrogen (secondary N) is 1. The van der Waals surface area contributed by atoms with Gasteiger partial charge in [-0.25, -0.2) is 14.8 Å². The summed E-state index contributed by atoms with van der Waals surface area (Å²) in [5, 5.41) is 3.67. The molecule has 1 aromatic heterocycles. The third-order valence-electron chi connectivity index (χ3n) is 3.43. The van der Waals surface area contributed by atoms with Gasteiger partial charge in [-0.3, -0.25) is 0 Å². The summed E-state index contributed by atoms with van der Waals surface area (Å²) in [6.07, 6.45) is 5.78. The van der Waals surface area contributed by atoms with Crippen LogP contribution in [0.25, 0.3) is 0 Å². The van der Waals surface area contributed by atoms with Crippen molar-refractivity contribution in [1.29, 1.82) is 0 Å². The van der Waals surface area contributed by atoms with Gasteiger partial charge >= 0.3 is 6.09 Å². The fourth-order valence-electron chi connectivity index (χ4n) is 2.43. The van der Waals surface area contributed by atoms with Crippen LogP contribution in [0.3, 0.4) is 0 Å². The number of halogens is 1. The molecule has 7 heteroatoms. The average Bonchev–Trinajstić information content (AvgIpc) is 2.45. The first-order chi connectivity index (χ1) is 10.4. The molecule has 0 radical (unpaired) electrons. The second-order valence-electron chi connectivity index (χ2n) is 6.42. The van der Waals surface area contributed by atoms with E-state index >= 15 is 0 Å². The van der Waals surface area contributed by atoms with E-state index in [4.69, 9.17) is 16.3 Å². The molecule has 1 unspecified atom stereocenters. The molecule has 1 saturated heterocycles. The zero-order valence-corrected chi connectivity index (χ0v) is 14.1. The van der Waals surface area contributed by atoms with Crippen LogP contribution in [0.1, 0.15) is 40.0 Å². The summed E-state index contributed by atoms with van der Waals surface area (Å²) in [6.45, 7) is 6.95. The first-order valence-corrected chi connectivity index (χ1v) is 7.93. The highest BCUT2D eigenvalue weighted by Crippen LogP contribution is 2.22. The van der Waals surface area contributed by atoms with Crippen LogP contribution >= 0.6 is 11.6 Å². The summed E-state index contributed by atoms with van der Waals surface area (Å²) in [4.78, 5) is 22.1. The average molecular weight is 327 g/mol. The number of piperidine rings is 1. The molecule has 0 bridgehead atoms. The van der Waals surface area contributed by atoms with Crippen molar-refractivity contribution in [2.75, 3.05) is 18.4 Å². The predicted octanol–water partition coefficient (Wildman–Crippen LogP) is 3.33. The highest BCUT2D eigenvalue weighted by molar-refractivity contribution is 6.32. The van der Waals surface area contributed by atoms with Crippen LogP contribution in [0.2, 0.25) is 5.02 Å². The van der Waals surface area contributed by atoms with E-state index in [-0.39, 0.29) is 12.1 Å². The number of likely N-dealkylation sites (tertiary alicyclic amines) is 1. The van der Waals surface area contributed by atoms with Crippen molar-refractivity contribution < 1.29 is 9.53 Å². The molecule has 2 rings (SSSR count). The number of amides is 1. The van der Waals surface area contributed by atoms with E-state index in [0.29, 0.717) is 17.4 Å². The molecule has 122 valence electrons. The lowest BCUT2D eigenvalue weighted by molar-refractivity contribution is 0.0114. The van der Waals surface area contributed by atoms with E-state index < -0.39 is 5.60 Å². The second-order valence-corrected chi connectivity index (χ2v) is 6.83. The maximum Gasteiger partial charge on any atom is 0.410 e. The lowest BCUT2D eigenvalue weighted by Crippen LogP contribution is -2.48. The summed E-state index contributed by atoms with van der Waals surface area (Å²) in [5.74, 6) is 0.589. The molecule has 22 heavy (non-hydrogen) atoms. The van der Waals surface area contributed by atoms with Crippen LogP contribution in [0, 0.1) is 0 Å². The molecule has 1 N–H and O–H groups in total. The van der Waals surface area contributed by atoms with Crippen molar-refractivity contribution in [2.45, 2.75) is 51.7 Å². The second kappa shape index (κ2) is 7.13. The van der Waals surface area contributed by atoms with Gasteiger partial charge in [0.25, 0.3) is 0 Å². The number of hydrogen-bond donors (Lipinski definition) is 1. The van der Waals surface area contributed by atoms with Crippen LogP contribution in [0.5, 0.6) is 0 Å². The lowest BCUT2D eigenvalue weighted by Gasteiger charge is -2.36. The van der Waals surface area contributed by atoms with E-state index in [0.717, 1.165) is 25.8 Å². The van der Waals surface area contributed by atoms with Crippen LogP contribution in [0.15, 0.2) is 12.5 Å².